The van der Waals surface area contributed by atoms with Crippen molar-refractivity contribution in [2.75, 3.05) is 13.1 Å². The molecule has 0 saturated carbocycles. The molecule has 0 saturated heterocycles. The molecule has 14 heavy (non-hydrogen) atoms. The summed E-state index contributed by atoms with van der Waals surface area (Å²) in [7, 11) is 0. The first-order valence-electron chi connectivity index (χ1n) is 4.91. The van der Waals surface area contributed by atoms with Crippen LogP contribution in [-0.2, 0) is 6.54 Å². The first-order chi connectivity index (χ1) is 6.64. The summed E-state index contributed by atoms with van der Waals surface area (Å²) in [4.78, 5) is 0. The highest BCUT2D eigenvalue weighted by Gasteiger charge is 2.15. The molecule has 1 heterocycles. The lowest BCUT2D eigenvalue weighted by Gasteiger charge is -2.21. The topological polar surface area (TPSA) is 63.0 Å². The molecule has 5 heteroatoms. The molecule has 0 aliphatic rings. The van der Waals surface area contributed by atoms with Gasteiger partial charge in [0, 0.05) is 19.3 Å². The van der Waals surface area contributed by atoms with Crippen LogP contribution < -0.4 is 5.32 Å². The molecule has 1 aromatic heterocycles. The Morgan fingerprint density at radius 2 is 2.36 bits per heavy atom. The van der Waals surface area contributed by atoms with Crippen LogP contribution in [0.15, 0.2) is 12.4 Å². The summed E-state index contributed by atoms with van der Waals surface area (Å²) in [6.45, 7) is 5.98. The first-order valence-corrected chi connectivity index (χ1v) is 4.91. The zero-order valence-corrected chi connectivity index (χ0v) is 8.77. The fourth-order valence-corrected chi connectivity index (χ4v) is 1.03. The third-order valence-electron chi connectivity index (χ3n) is 2.26. The van der Waals surface area contributed by atoms with Crippen molar-refractivity contribution < 1.29 is 5.11 Å². The largest absolute Gasteiger partial charge is 0.389 e. The van der Waals surface area contributed by atoms with E-state index in [1.54, 1.807) is 10.9 Å². The lowest BCUT2D eigenvalue weighted by atomic mass is 10.0. The summed E-state index contributed by atoms with van der Waals surface area (Å²) in [5.74, 6) is 0. The van der Waals surface area contributed by atoms with Crippen molar-refractivity contribution in [2.24, 2.45) is 0 Å². The minimum Gasteiger partial charge on any atom is -0.389 e. The Hall–Kier alpha value is -0.940. The predicted octanol–water partition coefficient (Wildman–Crippen LogP) is 0.0287. The second kappa shape index (κ2) is 5.07. The summed E-state index contributed by atoms with van der Waals surface area (Å²) in [6, 6.07) is 0. The van der Waals surface area contributed by atoms with E-state index in [0.717, 1.165) is 19.5 Å². The van der Waals surface area contributed by atoms with E-state index in [4.69, 9.17) is 0 Å². The Bertz CT molecular complexity index is 245. The van der Waals surface area contributed by atoms with E-state index in [2.05, 4.69) is 15.6 Å². The van der Waals surface area contributed by atoms with E-state index in [0.29, 0.717) is 6.54 Å². The van der Waals surface area contributed by atoms with Gasteiger partial charge < -0.3 is 10.4 Å². The highest BCUT2D eigenvalue weighted by atomic mass is 16.3. The molecule has 80 valence electrons. The Labute approximate surface area is 84.1 Å². The zero-order chi connectivity index (χ0) is 10.4. The van der Waals surface area contributed by atoms with Crippen LogP contribution in [0.25, 0.3) is 0 Å². The molecule has 0 radical (unpaired) electrons. The van der Waals surface area contributed by atoms with E-state index >= 15 is 0 Å². The molecule has 5 nitrogen and oxygen atoms in total. The Morgan fingerprint density at radius 3 is 2.93 bits per heavy atom. The molecule has 0 aliphatic carbocycles. The molecular formula is C9H18N4O. The average Bonchev–Trinajstić information content (AvgIpc) is 2.65. The van der Waals surface area contributed by atoms with Gasteiger partial charge in [-0.3, -0.25) is 4.68 Å². The average molecular weight is 198 g/mol. The van der Waals surface area contributed by atoms with E-state index in [1.807, 2.05) is 20.0 Å². The van der Waals surface area contributed by atoms with Crippen LogP contribution >= 0.6 is 0 Å². The number of hydrogen-bond donors (Lipinski definition) is 2. The minimum absolute atomic E-state index is 0.609. The minimum atomic E-state index is -0.609. The van der Waals surface area contributed by atoms with Crippen LogP contribution in [0.5, 0.6) is 0 Å². The second-order valence-electron chi connectivity index (χ2n) is 3.69. The van der Waals surface area contributed by atoms with Gasteiger partial charge in [-0.2, -0.15) is 0 Å². The summed E-state index contributed by atoms with van der Waals surface area (Å²) < 4.78 is 1.76. The van der Waals surface area contributed by atoms with Crippen molar-refractivity contribution in [2.45, 2.75) is 32.4 Å². The van der Waals surface area contributed by atoms with Crippen LogP contribution in [0.4, 0.5) is 0 Å². The lowest BCUT2D eigenvalue weighted by molar-refractivity contribution is 0.0557. The quantitative estimate of drug-likeness (QED) is 0.633. The van der Waals surface area contributed by atoms with Crippen molar-refractivity contribution in [3.63, 3.8) is 0 Å². The smallest absolute Gasteiger partial charge is 0.0741 e. The number of rotatable bonds is 6. The van der Waals surface area contributed by atoms with E-state index in [1.165, 1.54) is 0 Å². The van der Waals surface area contributed by atoms with Gasteiger partial charge in [0.2, 0.25) is 0 Å². The van der Waals surface area contributed by atoms with E-state index < -0.39 is 5.60 Å². The first kappa shape index (κ1) is 11.1. The maximum atomic E-state index is 9.68. The fraction of sp³-hybridized carbons (Fsp3) is 0.778. The normalized spacial score (nSPS) is 15.4. The second-order valence-corrected chi connectivity index (χ2v) is 3.69. The Morgan fingerprint density at radius 1 is 1.57 bits per heavy atom. The molecule has 0 bridgehead atoms. The van der Waals surface area contributed by atoms with Gasteiger partial charge in [-0.15, -0.1) is 5.10 Å². The highest BCUT2D eigenvalue weighted by Crippen LogP contribution is 2.05. The van der Waals surface area contributed by atoms with Crippen LogP contribution in [-0.4, -0.2) is 38.8 Å². The zero-order valence-electron chi connectivity index (χ0n) is 8.77. The molecule has 0 aromatic carbocycles. The monoisotopic (exact) mass is 198 g/mol. The number of nitrogens with one attached hydrogen (secondary N) is 1. The molecule has 2 N–H and O–H groups in total. The Kier molecular flexibility index (Phi) is 4.03. The fourth-order valence-electron chi connectivity index (χ4n) is 1.03. The van der Waals surface area contributed by atoms with Crippen molar-refractivity contribution in [1.82, 2.24) is 20.3 Å². The van der Waals surface area contributed by atoms with Gasteiger partial charge in [0.05, 0.1) is 18.3 Å². The van der Waals surface area contributed by atoms with E-state index in [-0.39, 0.29) is 0 Å². The van der Waals surface area contributed by atoms with Gasteiger partial charge in [0.25, 0.3) is 0 Å². The van der Waals surface area contributed by atoms with Crippen LogP contribution in [0.1, 0.15) is 20.3 Å². The van der Waals surface area contributed by atoms with Crippen LogP contribution in [0.2, 0.25) is 0 Å². The molecule has 1 atom stereocenters. The third kappa shape index (κ3) is 3.85. The predicted molar refractivity (Wildman–Crippen MR) is 53.8 cm³/mol. The number of aliphatic hydroxyl groups is 1. The molecule has 0 spiro atoms. The molecule has 0 fully saturated rings. The molecule has 1 unspecified atom stereocenters. The van der Waals surface area contributed by atoms with Gasteiger partial charge in [-0.05, 0) is 13.3 Å². The summed E-state index contributed by atoms with van der Waals surface area (Å²) in [5, 5.41) is 20.4. The highest BCUT2D eigenvalue weighted by molar-refractivity contribution is 4.73. The number of nitrogens with zero attached hydrogens (tertiary/aromatic N) is 3. The molecule has 0 amide bonds. The van der Waals surface area contributed by atoms with Crippen LogP contribution in [0.3, 0.4) is 0 Å². The molecule has 1 rings (SSSR count). The summed E-state index contributed by atoms with van der Waals surface area (Å²) in [5.41, 5.74) is -0.609. The maximum absolute atomic E-state index is 9.68. The van der Waals surface area contributed by atoms with Crippen molar-refractivity contribution in [1.29, 1.82) is 0 Å². The third-order valence-corrected chi connectivity index (χ3v) is 2.26. The van der Waals surface area contributed by atoms with Crippen molar-refractivity contribution in [3.05, 3.63) is 12.4 Å². The summed E-state index contributed by atoms with van der Waals surface area (Å²) >= 11 is 0. The van der Waals surface area contributed by atoms with Gasteiger partial charge in [0.15, 0.2) is 0 Å². The maximum Gasteiger partial charge on any atom is 0.0741 e. The van der Waals surface area contributed by atoms with E-state index in [9.17, 15) is 5.11 Å². The van der Waals surface area contributed by atoms with Gasteiger partial charge in [-0.1, -0.05) is 12.1 Å². The Balaban J connectivity index is 2.11. The number of aromatic nitrogens is 3. The van der Waals surface area contributed by atoms with Crippen molar-refractivity contribution in [3.8, 4) is 0 Å². The standard InChI is InChI=1S/C9H18N4O/c1-3-9(2,14)8-10-4-6-13-7-5-11-12-13/h5,7,10,14H,3-4,6,8H2,1-2H3. The number of hydrogen-bond acceptors (Lipinski definition) is 4. The SMILES string of the molecule is CCC(C)(O)CNCCn1ccnn1. The molecular weight excluding hydrogens is 180 g/mol. The van der Waals surface area contributed by atoms with Gasteiger partial charge in [0.1, 0.15) is 0 Å². The lowest BCUT2D eigenvalue weighted by Crippen LogP contribution is -2.38. The molecule has 1 aromatic rings. The van der Waals surface area contributed by atoms with Crippen LogP contribution in [0, 0.1) is 0 Å². The van der Waals surface area contributed by atoms with Gasteiger partial charge in [-0.25, -0.2) is 0 Å². The summed E-state index contributed by atoms with van der Waals surface area (Å²) in [6.07, 6.45) is 4.23. The van der Waals surface area contributed by atoms with Gasteiger partial charge >= 0.3 is 0 Å². The van der Waals surface area contributed by atoms with Crippen molar-refractivity contribution >= 4 is 0 Å². The molecule has 0 aliphatic heterocycles.